The van der Waals surface area contributed by atoms with Gasteiger partial charge in [0.05, 0.1) is 76.2 Å². The lowest BCUT2D eigenvalue weighted by Gasteiger charge is -2.27. The number of piperidine rings is 1. The van der Waals surface area contributed by atoms with E-state index in [-0.39, 0.29) is 35.3 Å². The molecule has 43 heavy (non-hydrogen) atoms. The summed E-state index contributed by atoms with van der Waals surface area (Å²) in [5.74, 6) is -2.87. The van der Waals surface area contributed by atoms with Crippen LogP contribution in [0, 0.1) is 0 Å². The molecule has 2 aliphatic heterocycles. The summed E-state index contributed by atoms with van der Waals surface area (Å²) in [6, 6.07) is 3.87. The van der Waals surface area contributed by atoms with E-state index in [0.717, 1.165) is 4.90 Å². The molecule has 6 N–H and O–H groups in total. The van der Waals surface area contributed by atoms with Crippen LogP contribution in [0.5, 0.6) is 0 Å². The van der Waals surface area contributed by atoms with Gasteiger partial charge >= 0.3 is 0 Å². The molecule has 3 heterocycles. The Morgan fingerprint density at radius 3 is 2.23 bits per heavy atom. The maximum Gasteiger partial charge on any atom is 0.271 e. The molecular weight excluding hydrogens is 566 g/mol. The van der Waals surface area contributed by atoms with Crippen molar-refractivity contribution in [1.29, 1.82) is 0 Å². The van der Waals surface area contributed by atoms with Gasteiger partial charge < -0.3 is 35.7 Å². The van der Waals surface area contributed by atoms with Gasteiger partial charge in [-0.25, -0.2) is 0 Å². The molecule has 16 heteroatoms. The predicted octanol–water partition coefficient (Wildman–Crippen LogP) is -0.856. The molecule has 1 atom stereocenters. The zero-order valence-electron chi connectivity index (χ0n) is 23.5. The average molecular weight is 602 g/mol. The number of hydrogen-bond donors (Lipinski definition) is 4. The first kappa shape index (κ1) is 31.6. The molecule has 0 aliphatic carbocycles. The number of carbonyl (C=O) groups excluding carboxylic acids is 5. The van der Waals surface area contributed by atoms with Crippen LogP contribution in [-0.2, 0) is 35.1 Å². The fourth-order valence-electron chi connectivity index (χ4n) is 4.58. The molecule has 4 rings (SSSR count). The van der Waals surface area contributed by atoms with E-state index in [1.54, 1.807) is 18.2 Å². The summed E-state index contributed by atoms with van der Waals surface area (Å²) < 4.78 is 23.4. The molecule has 0 radical (unpaired) electrons. The number of ether oxygens (including phenoxy) is 4. The van der Waals surface area contributed by atoms with Crippen molar-refractivity contribution in [1.82, 2.24) is 20.0 Å². The maximum absolute atomic E-state index is 13.1. The van der Waals surface area contributed by atoms with Crippen molar-refractivity contribution >= 4 is 40.9 Å². The fraction of sp³-hybridized carbons (Fsp3) is 0.481. The third-order valence-corrected chi connectivity index (χ3v) is 6.63. The Morgan fingerprint density at radius 2 is 1.60 bits per heavy atom. The number of primary amides is 1. The normalized spacial score (nSPS) is 16.5. The minimum absolute atomic E-state index is 0.0403. The molecule has 1 unspecified atom stereocenters. The molecule has 1 saturated heterocycles. The van der Waals surface area contributed by atoms with Crippen molar-refractivity contribution in [2.24, 2.45) is 5.73 Å². The van der Waals surface area contributed by atoms with Crippen LogP contribution < -0.4 is 22.1 Å². The first-order chi connectivity index (χ1) is 20.8. The van der Waals surface area contributed by atoms with Crippen molar-refractivity contribution in [3.8, 4) is 0 Å². The van der Waals surface area contributed by atoms with Gasteiger partial charge in [0, 0.05) is 24.8 Å². The summed E-state index contributed by atoms with van der Waals surface area (Å²) in [7, 11) is 0. The Balaban J connectivity index is 1.03. The largest absolute Gasteiger partial charge is 0.396 e. The summed E-state index contributed by atoms with van der Waals surface area (Å²) in [4.78, 5) is 61.8. The van der Waals surface area contributed by atoms with Crippen molar-refractivity contribution in [3.63, 3.8) is 0 Å². The van der Waals surface area contributed by atoms with E-state index in [1.165, 1.54) is 10.9 Å². The van der Waals surface area contributed by atoms with Gasteiger partial charge in [0.25, 0.3) is 17.7 Å². The van der Waals surface area contributed by atoms with Gasteiger partial charge in [-0.15, -0.1) is 0 Å². The topological polar surface area (TPSA) is 219 Å². The molecule has 16 nitrogen and oxygen atoms in total. The first-order valence-corrected chi connectivity index (χ1v) is 13.8. The number of hydrogen-bond acceptors (Lipinski definition) is 12. The van der Waals surface area contributed by atoms with E-state index in [1.807, 2.05) is 0 Å². The van der Waals surface area contributed by atoms with Crippen molar-refractivity contribution in [2.75, 3.05) is 70.5 Å². The van der Waals surface area contributed by atoms with Crippen LogP contribution in [0.1, 0.15) is 44.0 Å². The fourth-order valence-corrected chi connectivity index (χ4v) is 4.58. The van der Waals surface area contributed by atoms with Crippen molar-refractivity contribution < 1.29 is 42.9 Å². The van der Waals surface area contributed by atoms with Crippen molar-refractivity contribution in [2.45, 2.75) is 25.4 Å². The van der Waals surface area contributed by atoms with E-state index in [9.17, 15) is 24.0 Å². The number of nitrogens with one attached hydrogen (secondary N) is 2. The number of imide groups is 2. The van der Waals surface area contributed by atoms with Gasteiger partial charge in [-0.3, -0.25) is 38.9 Å². The predicted molar refractivity (Wildman–Crippen MR) is 150 cm³/mol. The van der Waals surface area contributed by atoms with Crippen LogP contribution in [0.25, 0.3) is 0 Å². The second kappa shape index (κ2) is 15.2. The van der Waals surface area contributed by atoms with E-state index in [2.05, 4.69) is 15.7 Å². The van der Waals surface area contributed by atoms with Gasteiger partial charge in [-0.2, -0.15) is 5.10 Å². The standard InChI is InChI=1S/C27H35N7O9/c28-18-16-33(32-23(18)24(29)36)7-9-41-11-13-43-15-14-42-12-10-40-8-6-30-19-3-1-2-17-22(19)27(39)34(26(17)38)20-4-5-21(35)31-25(20)37/h1-3,16,20,30H,4-15,28H2,(H2,29,36)(H,31,35,37). The lowest BCUT2D eigenvalue weighted by atomic mass is 10.0. The minimum Gasteiger partial charge on any atom is -0.396 e. The van der Waals surface area contributed by atoms with Gasteiger partial charge in [-0.05, 0) is 18.6 Å². The Labute approximate surface area is 246 Å². The number of anilines is 2. The maximum atomic E-state index is 13.1. The SMILES string of the molecule is NC(=O)c1nn(CCOCCOCCOCCOCCNc2cccc3c2C(=O)N(C2CCC(=O)NC2=O)C3=O)cc1N. The number of benzene rings is 1. The zero-order valence-corrected chi connectivity index (χ0v) is 23.5. The molecule has 2 aromatic rings. The number of fused-ring (bicyclic) bond motifs is 1. The van der Waals surface area contributed by atoms with Crippen LogP contribution in [0.3, 0.4) is 0 Å². The lowest BCUT2D eigenvalue weighted by molar-refractivity contribution is -0.136. The van der Waals surface area contributed by atoms with Crippen molar-refractivity contribution in [3.05, 3.63) is 41.2 Å². The van der Waals surface area contributed by atoms with Gasteiger partial charge in [0.1, 0.15) is 6.04 Å². The van der Waals surface area contributed by atoms with E-state index in [4.69, 9.17) is 30.4 Å². The summed E-state index contributed by atoms with van der Waals surface area (Å²) in [6.45, 7) is 3.77. The molecule has 1 aromatic heterocycles. The number of carbonyl (C=O) groups is 5. The molecule has 5 amide bonds. The second-order valence-corrected chi connectivity index (χ2v) is 9.61. The molecule has 232 valence electrons. The molecule has 0 bridgehead atoms. The highest BCUT2D eigenvalue weighted by Gasteiger charge is 2.45. The summed E-state index contributed by atoms with van der Waals surface area (Å²) >= 11 is 0. The smallest absolute Gasteiger partial charge is 0.271 e. The quantitative estimate of drug-likeness (QED) is 0.121. The number of nitrogen functional groups attached to an aromatic ring is 1. The highest BCUT2D eigenvalue weighted by molar-refractivity contribution is 6.25. The second-order valence-electron chi connectivity index (χ2n) is 9.61. The Kier molecular flexibility index (Phi) is 11.2. The number of amides is 5. The summed E-state index contributed by atoms with van der Waals surface area (Å²) in [5, 5.41) is 9.29. The Morgan fingerprint density at radius 1 is 0.953 bits per heavy atom. The van der Waals surface area contributed by atoms with Gasteiger partial charge in [-0.1, -0.05) is 6.07 Å². The van der Waals surface area contributed by atoms with E-state index >= 15 is 0 Å². The van der Waals surface area contributed by atoms with E-state index in [0.29, 0.717) is 71.6 Å². The molecule has 2 aliphatic rings. The molecule has 0 saturated carbocycles. The average Bonchev–Trinajstić information content (AvgIpc) is 3.47. The van der Waals surface area contributed by atoms with Gasteiger partial charge in [0.2, 0.25) is 11.8 Å². The van der Waals surface area contributed by atoms with Crippen LogP contribution in [0.4, 0.5) is 11.4 Å². The highest BCUT2D eigenvalue weighted by Crippen LogP contribution is 2.32. The third kappa shape index (κ3) is 8.13. The lowest BCUT2D eigenvalue weighted by Crippen LogP contribution is -2.54. The third-order valence-electron chi connectivity index (χ3n) is 6.63. The van der Waals surface area contributed by atoms with Crippen LogP contribution >= 0.6 is 0 Å². The number of nitrogens with two attached hydrogens (primary N) is 2. The first-order valence-electron chi connectivity index (χ1n) is 13.8. The molecule has 0 spiro atoms. The molecule has 1 fully saturated rings. The van der Waals surface area contributed by atoms with Crippen LogP contribution in [0.2, 0.25) is 0 Å². The zero-order chi connectivity index (χ0) is 30.8. The molecule has 1 aromatic carbocycles. The summed E-state index contributed by atoms with van der Waals surface area (Å²) in [6.07, 6.45) is 1.69. The Hall–Kier alpha value is -4.38. The van der Waals surface area contributed by atoms with E-state index < -0.39 is 35.6 Å². The van der Waals surface area contributed by atoms with Crippen LogP contribution in [-0.4, -0.2) is 110 Å². The summed E-state index contributed by atoms with van der Waals surface area (Å²) in [5.41, 5.74) is 12.0. The monoisotopic (exact) mass is 601 g/mol. The molecular formula is C27H35N7O9. The van der Waals surface area contributed by atoms with Gasteiger partial charge in [0.15, 0.2) is 5.69 Å². The number of rotatable bonds is 18. The Bertz CT molecular complexity index is 1350. The number of aromatic nitrogens is 2. The number of nitrogens with zero attached hydrogens (tertiary/aromatic N) is 3. The highest BCUT2D eigenvalue weighted by atomic mass is 16.6. The minimum atomic E-state index is -1.01. The van der Waals surface area contributed by atoms with Crippen LogP contribution in [0.15, 0.2) is 24.4 Å².